The van der Waals surface area contributed by atoms with Crippen LogP contribution in [0.15, 0.2) is 42.5 Å². The number of carbonyl (C=O) groups is 1. The van der Waals surface area contributed by atoms with E-state index in [2.05, 4.69) is 82.0 Å². The van der Waals surface area contributed by atoms with Crippen molar-refractivity contribution in [1.82, 2.24) is 24.7 Å². The summed E-state index contributed by atoms with van der Waals surface area (Å²) in [7, 11) is 0. The maximum Gasteiger partial charge on any atom is 0.410 e. The number of aromatic nitrogens is 2. The molecule has 11 heteroatoms. The number of anilines is 2. The highest BCUT2D eigenvalue weighted by Crippen LogP contribution is 2.35. The molecular weight excluding hydrogens is 616 g/mol. The summed E-state index contributed by atoms with van der Waals surface area (Å²) >= 11 is 0. The van der Waals surface area contributed by atoms with Crippen molar-refractivity contribution in [3.63, 3.8) is 0 Å². The number of fused-ring (bicyclic) bond motifs is 2. The highest BCUT2D eigenvalue weighted by molar-refractivity contribution is 5.94. The van der Waals surface area contributed by atoms with Crippen LogP contribution in [0.3, 0.4) is 0 Å². The van der Waals surface area contributed by atoms with Gasteiger partial charge in [-0.25, -0.2) is 4.79 Å². The quantitative estimate of drug-likeness (QED) is 0.291. The van der Waals surface area contributed by atoms with Gasteiger partial charge in [0.05, 0.1) is 30.8 Å². The zero-order chi connectivity index (χ0) is 33.7. The highest BCUT2D eigenvalue weighted by Gasteiger charge is 2.36. The van der Waals surface area contributed by atoms with E-state index in [1.807, 2.05) is 0 Å². The minimum absolute atomic E-state index is 0.232. The number of likely N-dealkylation sites (tertiary alicyclic amines) is 2. The molecule has 5 heterocycles. The Balaban J connectivity index is 1.13. The number of nitrogens with zero attached hydrogens (tertiary/aromatic N) is 8. The van der Waals surface area contributed by atoms with Crippen molar-refractivity contribution < 1.29 is 14.3 Å². The average molecular weight is 667 g/mol. The fourth-order valence-corrected chi connectivity index (χ4v) is 8.39. The van der Waals surface area contributed by atoms with Gasteiger partial charge in [0.2, 0.25) is 0 Å². The van der Waals surface area contributed by atoms with Gasteiger partial charge >= 0.3 is 12.1 Å². The summed E-state index contributed by atoms with van der Waals surface area (Å²) in [6, 6.07) is 18.1. The zero-order valence-corrected chi connectivity index (χ0v) is 29.1. The molecule has 3 fully saturated rings. The van der Waals surface area contributed by atoms with Crippen molar-refractivity contribution in [2.75, 3.05) is 75.4 Å². The molecule has 260 valence electrons. The minimum atomic E-state index is -0.320. The van der Waals surface area contributed by atoms with E-state index in [0.29, 0.717) is 51.4 Å². The van der Waals surface area contributed by atoms with Crippen molar-refractivity contribution >= 4 is 28.4 Å². The van der Waals surface area contributed by atoms with Gasteiger partial charge in [-0.3, -0.25) is 9.80 Å². The van der Waals surface area contributed by atoms with Crippen LogP contribution < -0.4 is 14.5 Å². The van der Waals surface area contributed by atoms with E-state index in [0.717, 1.165) is 75.5 Å². The number of nitriles is 1. The van der Waals surface area contributed by atoms with Crippen LogP contribution in [0, 0.1) is 11.3 Å². The first-order valence-corrected chi connectivity index (χ1v) is 18.3. The van der Waals surface area contributed by atoms with Crippen LogP contribution >= 0.6 is 0 Å². The molecule has 49 heavy (non-hydrogen) atoms. The largest absolute Gasteiger partial charge is 0.462 e. The SMILES string of the molecule is CCN1CCC[C@@H]1COC(=O)N1CCN(c2nc(OC[C@H]3CCCN3CC)nc3c2CCN(c2cccc4ccccc24)C3)C[C@@H]1CC#N. The summed E-state index contributed by atoms with van der Waals surface area (Å²) in [5.41, 5.74) is 3.32. The van der Waals surface area contributed by atoms with Crippen LogP contribution in [-0.4, -0.2) is 114 Å². The van der Waals surface area contributed by atoms with Crippen molar-refractivity contribution in [2.45, 2.75) is 77.0 Å². The van der Waals surface area contributed by atoms with E-state index in [4.69, 9.17) is 19.4 Å². The van der Waals surface area contributed by atoms with Gasteiger partial charge in [-0.15, -0.1) is 0 Å². The molecule has 0 N–H and O–H groups in total. The zero-order valence-electron chi connectivity index (χ0n) is 29.1. The number of rotatable bonds is 10. The number of likely N-dealkylation sites (N-methyl/N-ethyl adjacent to an activating group) is 2. The van der Waals surface area contributed by atoms with Gasteiger partial charge < -0.3 is 24.2 Å². The Morgan fingerprint density at radius 2 is 1.63 bits per heavy atom. The predicted octanol–water partition coefficient (Wildman–Crippen LogP) is 5.08. The summed E-state index contributed by atoms with van der Waals surface area (Å²) in [6.45, 7) is 12.5. The van der Waals surface area contributed by atoms with Gasteiger partial charge in [0.25, 0.3) is 0 Å². The number of piperazine rings is 1. The molecule has 0 radical (unpaired) electrons. The molecular formula is C38H50N8O3. The Hall–Kier alpha value is -4.14. The van der Waals surface area contributed by atoms with Gasteiger partial charge in [-0.2, -0.15) is 15.2 Å². The molecule has 1 amide bonds. The molecule has 0 unspecified atom stereocenters. The van der Waals surface area contributed by atoms with Crippen LogP contribution in [0.2, 0.25) is 0 Å². The second kappa shape index (κ2) is 15.2. The molecule has 0 saturated carbocycles. The Kier molecular flexibility index (Phi) is 10.3. The molecule has 11 nitrogen and oxygen atoms in total. The van der Waals surface area contributed by atoms with Crippen LogP contribution in [0.25, 0.3) is 10.8 Å². The number of hydrogen-bond acceptors (Lipinski definition) is 10. The number of hydrogen-bond donors (Lipinski definition) is 0. The van der Waals surface area contributed by atoms with E-state index in [1.165, 1.54) is 22.9 Å². The van der Waals surface area contributed by atoms with Gasteiger partial charge in [-0.1, -0.05) is 50.2 Å². The molecule has 0 aliphatic carbocycles. The van der Waals surface area contributed by atoms with Gasteiger partial charge in [-0.05, 0) is 69.7 Å². The summed E-state index contributed by atoms with van der Waals surface area (Å²) < 4.78 is 12.3. The van der Waals surface area contributed by atoms with Crippen LogP contribution in [0.1, 0.15) is 57.2 Å². The third-order valence-corrected chi connectivity index (χ3v) is 11.1. The fourth-order valence-electron chi connectivity index (χ4n) is 8.39. The number of carbonyl (C=O) groups excluding carboxylic acids is 1. The monoisotopic (exact) mass is 666 g/mol. The molecule has 0 spiro atoms. The van der Waals surface area contributed by atoms with E-state index < -0.39 is 0 Å². The standard InChI is InChI=1S/C38H50N8O3/c1-3-42-19-8-12-30(42)26-48-37-40-34-25-44(35-15-7-11-28-10-5-6-14-32(28)35)21-17-33(34)36(41-37)45-22-23-46(29(24-45)16-18-39)38(47)49-27-31-13-9-20-43(31)4-2/h5-7,10-11,14-15,29-31H,3-4,8-9,12-13,16-17,19-27H2,1-2H3/t29-,30+,31+/m0/s1. The first-order chi connectivity index (χ1) is 24.1. The van der Waals surface area contributed by atoms with Crippen molar-refractivity contribution in [3.05, 3.63) is 53.7 Å². The van der Waals surface area contributed by atoms with E-state index in [-0.39, 0.29) is 24.6 Å². The van der Waals surface area contributed by atoms with Crippen LogP contribution in [0.4, 0.5) is 16.3 Å². The molecule has 3 aromatic rings. The van der Waals surface area contributed by atoms with Crippen molar-refractivity contribution in [3.8, 4) is 12.1 Å². The maximum absolute atomic E-state index is 13.4. The van der Waals surface area contributed by atoms with Gasteiger partial charge in [0.1, 0.15) is 19.0 Å². The fraction of sp³-hybridized carbons (Fsp3) is 0.579. The summed E-state index contributed by atoms with van der Waals surface area (Å²) in [5.74, 6) is 0.872. The first kappa shape index (κ1) is 33.4. The third-order valence-electron chi connectivity index (χ3n) is 11.1. The topological polar surface area (TPSA) is 101 Å². The van der Waals surface area contributed by atoms with E-state index in [9.17, 15) is 10.1 Å². The lowest BCUT2D eigenvalue weighted by Crippen LogP contribution is -2.56. The Bertz CT molecular complexity index is 1660. The normalized spacial score (nSPS) is 23.1. The lowest BCUT2D eigenvalue weighted by molar-refractivity contribution is 0.0620. The smallest absolute Gasteiger partial charge is 0.410 e. The van der Waals surface area contributed by atoms with Crippen LogP contribution in [0.5, 0.6) is 6.01 Å². The Morgan fingerprint density at radius 3 is 2.41 bits per heavy atom. The predicted molar refractivity (Wildman–Crippen MR) is 191 cm³/mol. The number of amides is 1. The van der Waals surface area contributed by atoms with E-state index in [1.54, 1.807) is 4.90 Å². The molecule has 2 aromatic carbocycles. The molecule has 7 rings (SSSR count). The second-order valence-electron chi connectivity index (χ2n) is 13.8. The van der Waals surface area contributed by atoms with Crippen molar-refractivity contribution in [2.24, 2.45) is 0 Å². The van der Waals surface area contributed by atoms with Crippen LogP contribution in [-0.2, 0) is 17.7 Å². The van der Waals surface area contributed by atoms with Gasteiger partial charge in [0, 0.05) is 54.9 Å². The summed E-state index contributed by atoms with van der Waals surface area (Å²) in [6.07, 6.45) is 5.19. The summed E-state index contributed by atoms with van der Waals surface area (Å²) in [5, 5.41) is 12.3. The third kappa shape index (κ3) is 7.12. The second-order valence-corrected chi connectivity index (χ2v) is 13.8. The van der Waals surface area contributed by atoms with Gasteiger partial charge in [0.15, 0.2) is 0 Å². The highest BCUT2D eigenvalue weighted by atomic mass is 16.6. The molecule has 1 aromatic heterocycles. The molecule has 3 atom stereocenters. The maximum atomic E-state index is 13.4. The molecule has 4 aliphatic heterocycles. The van der Waals surface area contributed by atoms with Crippen molar-refractivity contribution in [1.29, 1.82) is 5.26 Å². The lowest BCUT2D eigenvalue weighted by Gasteiger charge is -2.42. The van der Waals surface area contributed by atoms with E-state index >= 15 is 0 Å². The summed E-state index contributed by atoms with van der Waals surface area (Å²) in [4.78, 5) is 34.8. The molecule has 4 aliphatic rings. The minimum Gasteiger partial charge on any atom is -0.462 e. The lowest BCUT2D eigenvalue weighted by atomic mass is 10.0. The number of ether oxygens (including phenoxy) is 2. The first-order valence-electron chi connectivity index (χ1n) is 18.3. The Labute approximate surface area is 290 Å². The Morgan fingerprint density at radius 1 is 0.878 bits per heavy atom. The molecule has 3 saturated heterocycles. The number of benzene rings is 2. The molecule has 0 bridgehead atoms. The average Bonchev–Trinajstić information content (AvgIpc) is 3.81.